The van der Waals surface area contributed by atoms with Crippen molar-refractivity contribution in [1.82, 2.24) is 9.80 Å². The number of halogens is 2. The van der Waals surface area contributed by atoms with Gasteiger partial charge >= 0.3 is 6.03 Å². The molecule has 2 fully saturated rings. The maximum absolute atomic E-state index is 13.5. The van der Waals surface area contributed by atoms with Gasteiger partial charge in [0.15, 0.2) is 0 Å². The molecule has 2 N–H and O–H groups in total. The third-order valence-corrected chi connectivity index (χ3v) is 5.02. The molecule has 1 saturated carbocycles. The lowest BCUT2D eigenvalue weighted by atomic mass is 10.1. The number of nitrogens with zero attached hydrogens (tertiary/aromatic N) is 2. The first-order valence-electron chi connectivity index (χ1n) is 8.42. The zero-order valence-corrected chi connectivity index (χ0v) is 14.3. The molecule has 1 aromatic carbocycles. The van der Waals surface area contributed by atoms with Crippen molar-refractivity contribution >= 4 is 23.3 Å². The van der Waals surface area contributed by atoms with Gasteiger partial charge in [-0.3, -0.25) is 4.90 Å². The normalized spacial score (nSPS) is 21.8. The molecule has 0 spiro atoms. The highest BCUT2D eigenvalue weighted by molar-refractivity contribution is 6.30. The highest BCUT2D eigenvalue weighted by atomic mass is 35.5. The second-order valence-electron chi connectivity index (χ2n) is 6.61. The molecule has 3 rings (SSSR count). The maximum atomic E-state index is 13.5. The number of rotatable bonds is 5. The van der Waals surface area contributed by atoms with Crippen LogP contribution in [0.15, 0.2) is 18.2 Å². The van der Waals surface area contributed by atoms with Crippen LogP contribution in [0, 0.1) is 11.7 Å². The Morgan fingerprint density at radius 2 is 2.17 bits per heavy atom. The molecule has 2 amide bonds. The van der Waals surface area contributed by atoms with E-state index in [9.17, 15) is 14.3 Å². The lowest BCUT2D eigenvalue weighted by Crippen LogP contribution is -2.56. The molecule has 24 heavy (non-hydrogen) atoms. The van der Waals surface area contributed by atoms with E-state index in [1.807, 2.05) is 0 Å². The Kier molecular flexibility index (Phi) is 5.58. The third-order valence-electron chi connectivity index (χ3n) is 4.71. The van der Waals surface area contributed by atoms with Crippen LogP contribution in [0.4, 0.5) is 14.9 Å². The Morgan fingerprint density at radius 1 is 1.38 bits per heavy atom. The van der Waals surface area contributed by atoms with Gasteiger partial charge in [-0.1, -0.05) is 11.6 Å². The number of amides is 2. The molecule has 7 heteroatoms. The molecule has 1 aromatic rings. The highest BCUT2D eigenvalue weighted by Crippen LogP contribution is 2.31. The van der Waals surface area contributed by atoms with Gasteiger partial charge in [0.05, 0.1) is 5.02 Å². The van der Waals surface area contributed by atoms with Crippen LogP contribution in [0.3, 0.4) is 0 Å². The molecule has 132 valence electrons. The van der Waals surface area contributed by atoms with Crippen molar-refractivity contribution in [3.63, 3.8) is 0 Å². The van der Waals surface area contributed by atoms with E-state index in [2.05, 4.69) is 10.2 Å². The molecule has 0 radical (unpaired) electrons. The third kappa shape index (κ3) is 4.37. The van der Waals surface area contributed by atoms with Gasteiger partial charge in [-0.25, -0.2) is 9.18 Å². The first-order valence-corrected chi connectivity index (χ1v) is 8.80. The summed E-state index contributed by atoms with van der Waals surface area (Å²) < 4.78 is 13.5. The zero-order valence-electron chi connectivity index (χ0n) is 13.5. The van der Waals surface area contributed by atoms with Crippen LogP contribution >= 0.6 is 11.6 Å². The predicted molar refractivity (Wildman–Crippen MR) is 91.8 cm³/mol. The Labute approximate surface area is 146 Å². The van der Waals surface area contributed by atoms with Crippen molar-refractivity contribution in [3.8, 4) is 0 Å². The van der Waals surface area contributed by atoms with Crippen molar-refractivity contribution < 1.29 is 14.3 Å². The minimum Gasteiger partial charge on any atom is -0.396 e. The number of benzene rings is 1. The van der Waals surface area contributed by atoms with E-state index < -0.39 is 5.82 Å². The Bertz CT molecular complexity index is 597. The fourth-order valence-electron chi connectivity index (χ4n) is 3.15. The quantitative estimate of drug-likeness (QED) is 0.854. The lowest BCUT2D eigenvalue weighted by molar-refractivity contribution is 0.0739. The molecule has 1 saturated heterocycles. The van der Waals surface area contributed by atoms with Crippen LogP contribution in [-0.2, 0) is 0 Å². The first kappa shape index (κ1) is 17.5. The zero-order chi connectivity index (χ0) is 17.1. The summed E-state index contributed by atoms with van der Waals surface area (Å²) in [7, 11) is 0. The molecule has 1 unspecified atom stereocenters. The van der Waals surface area contributed by atoms with Crippen molar-refractivity contribution in [3.05, 3.63) is 29.0 Å². The summed E-state index contributed by atoms with van der Waals surface area (Å²) in [6.45, 7) is 3.20. The molecule has 1 aliphatic carbocycles. The monoisotopic (exact) mass is 355 g/mol. The summed E-state index contributed by atoms with van der Waals surface area (Å²) in [6, 6.07) is 4.16. The molecule has 5 nitrogen and oxygen atoms in total. The number of carbonyl (C=O) groups is 1. The summed E-state index contributed by atoms with van der Waals surface area (Å²) in [5, 5.41) is 12.1. The van der Waals surface area contributed by atoms with Gasteiger partial charge in [0.1, 0.15) is 5.82 Å². The van der Waals surface area contributed by atoms with Crippen LogP contribution in [0.1, 0.15) is 19.3 Å². The van der Waals surface area contributed by atoms with Gasteiger partial charge in [0, 0.05) is 44.5 Å². The molecule has 1 atom stereocenters. The molecule has 1 aliphatic heterocycles. The van der Waals surface area contributed by atoms with Crippen LogP contribution < -0.4 is 5.32 Å². The van der Waals surface area contributed by atoms with Crippen molar-refractivity contribution in [2.24, 2.45) is 5.92 Å². The van der Waals surface area contributed by atoms with Gasteiger partial charge in [-0.15, -0.1) is 0 Å². The fourth-order valence-corrected chi connectivity index (χ4v) is 3.27. The van der Waals surface area contributed by atoms with Gasteiger partial charge in [-0.2, -0.15) is 0 Å². The van der Waals surface area contributed by atoms with Gasteiger partial charge in [0.25, 0.3) is 0 Å². The molecule has 0 bridgehead atoms. The van der Waals surface area contributed by atoms with E-state index in [1.54, 1.807) is 11.0 Å². The number of urea groups is 1. The van der Waals surface area contributed by atoms with Crippen LogP contribution in [-0.4, -0.2) is 59.8 Å². The Balaban J connectivity index is 1.59. The Morgan fingerprint density at radius 3 is 2.83 bits per heavy atom. The first-order chi connectivity index (χ1) is 11.6. The van der Waals surface area contributed by atoms with Crippen molar-refractivity contribution in [2.45, 2.75) is 25.3 Å². The number of aliphatic hydroxyl groups is 1. The summed E-state index contributed by atoms with van der Waals surface area (Å²) >= 11 is 5.66. The SMILES string of the molecule is O=C(Nc1ccc(Cl)c(F)c1)N1CCN(CC2CC2)C(CCO)C1. The van der Waals surface area contributed by atoms with Crippen molar-refractivity contribution in [1.29, 1.82) is 0 Å². The number of hydrogen-bond acceptors (Lipinski definition) is 3. The van der Waals surface area contributed by atoms with Crippen LogP contribution in [0.25, 0.3) is 0 Å². The number of hydrogen-bond donors (Lipinski definition) is 2. The fraction of sp³-hybridized carbons (Fsp3) is 0.588. The Hall–Kier alpha value is -1.37. The maximum Gasteiger partial charge on any atom is 0.321 e. The second kappa shape index (κ2) is 7.68. The molecule has 2 aliphatic rings. The number of piperazine rings is 1. The molecule has 1 heterocycles. The molecular weight excluding hydrogens is 333 g/mol. The molecule has 0 aromatic heterocycles. The summed E-state index contributed by atoms with van der Waals surface area (Å²) in [6.07, 6.45) is 3.23. The standard InChI is InChI=1S/C17H23ClFN3O2/c18-15-4-3-13(9-16(15)19)20-17(24)22-7-6-21(10-12-1-2-12)14(11-22)5-8-23/h3-4,9,12,14,23H,1-2,5-8,10-11H2,(H,20,24). The largest absolute Gasteiger partial charge is 0.396 e. The van der Waals surface area contributed by atoms with Gasteiger partial charge in [-0.05, 0) is 43.4 Å². The minimum atomic E-state index is -0.554. The topological polar surface area (TPSA) is 55.8 Å². The average Bonchev–Trinajstić information content (AvgIpc) is 3.37. The minimum absolute atomic E-state index is 0.0321. The summed E-state index contributed by atoms with van der Waals surface area (Å²) in [5.41, 5.74) is 0.390. The van der Waals surface area contributed by atoms with E-state index in [0.29, 0.717) is 25.2 Å². The van der Waals surface area contributed by atoms with Gasteiger partial charge < -0.3 is 15.3 Å². The van der Waals surface area contributed by atoms with E-state index in [1.165, 1.54) is 25.0 Å². The number of anilines is 1. The lowest BCUT2D eigenvalue weighted by Gasteiger charge is -2.41. The van der Waals surface area contributed by atoms with Gasteiger partial charge in [0.2, 0.25) is 0 Å². The smallest absolute Gasteiger partial charge is 0.321 e. The number of carbonyl (C=O) groups excluding carboxylic acids is 1. The van der Waals surface area contributed by atoms with E-state index >= 15 is 0 Å². The summed E-state index contributed by atoms with van der Waals surface area (Å²) in [5.74, 6) is 0.227. The second-order valence-corrected chi connectivity index (χ2v) is 7.02. The average molecular weight is 356 g/mol. The summed E-state index contributed by atoms with van der Waals surface area (Å²) in [4.78, 5) is 16.6. The van der Waals surface area contributed by atoms with Crippen LogP contribution in [0.5, 0.6) is 0 Å². The highest BCUT2D eigenvalue weighted by Gasteiger charge is 2.33. The predicted octanol–water partition coefficient (Wildman–Crippen LogP) is 2.79. The molecular formula is C17H23ClFN3O2. The number of nitrogens with one attached hydrogen (secondary N) is 1. The van der Waals surface area contributed by atoms with E-state index in [0.717, 1.165) is 19.0 Å². The van der Waals surface area contributed by atoms with Crippen molar-refractivity contribution in [2.75, 3.05) is 38.1 Å². The number of aliphatic hydroxyl groups excluding tert-OH is 1. The van der Waals surface area contributed by atoms with E-state index in [-0.39, 0.29) is 23.7 Å². The van der Waals surface area contributed by atoms with E-state index in [4.69, 9.17) is 11.6 Å². The van der Waals surface area contributed by atoms with Crippen LogP contribution in [0.2, 0.25) is 5.02 Å².